The molecule has 0 saturated carbocycles. The summed E-state index contributed by atoms with van der Waals surface area (Å²) >= 11 is 0. The molecule has 146 valence electrons. The number of aliphatic hydroxyl groups excluding tert-OH is 1. The summed E-state index contributed by atoms with van der Waals surface area (Å²) in [7, 11) is 0. The summed E-state index contributed by atoms with van der Waals surface area (Å²) in [6, 6.07) is 15.4. The Morgan fingerprint density at radius 2 is 1.69 bits per heavy atom. The van der Waals surface area contributed by atoms with Crippen LogP contribution in [-0.2, 0) is 4.79 Å². The maximum Gasteiger partial charge on any atom is 0.190 e. The van der Waals surface area contributed by atoms with Gasteiger partial charge in [0.1, 0.15) is 12.4 Å². The van der Waals surface area contributed by atoms with Crippen molar-refractivity contribution in [1.82, 2.24) is 0 Å². The van der Waals surface area contributed by atoms with Gasteiger partial charge in [0, 0.05) is 29.0 Å². The van der Waals surface area contributed by atoms with E-state index in [1.165, 1.54) is 5.57 Å². The van der Waals surface area contributed by atoms with Crippen LogP contribution in [0.3, 0.4) is 0 Å². The van der Waals surface area contributed by atoms with Crippen molar-refractivity contribution < 1.29 is 19.4 Å². The van der Waals surface area contributed by atoms with Crippen molar-refractivity contribution in [2.24, 2.45) is 0 Å². The second-order valence-corrected chi connectivity index (χ2v) is 7.81. The highest BCUT2D eigenvalue weighted by Gasteiger charge is 2.43. The number of allylic oxidation sites excluding steroid dienone is 4. The third-order valence-corrected chi connectivity index (χ3v) is 6.17. The van der Waals surface area contributed by atoms with Crippen LogP contribution in [0, 0.1) is 0 Å². The van der Waals surface area contributed by atoms with Gasteiger partial charge in [-0.15, -0.1) is 0 Å². The molecule has 1 atom stereocenters. The topological polar surface area (TPSA) is 63.6 Å². The fourth-order valence-electron chi connectivity index (χ4n) is 4.96. The first-order chi connectivity index (χ1) is 14.2. The van der Waals surface area contributed by atoms with Gasteiger partial charge in [-0.2, -0.15) is 0 Å². The van der Waals surface area contributed by atoms with Crippen LogP contribution in [0.5, 0.6) is 5.75 Å². The summed E-state index contributed by atoms with van der Waals surface area (Å²) in [5.74, 6) is 0.574. The molecule has 0 heterocycles. The van der Waals surface area contributed by atoms with E-state index in [0.717, 1.165) is 46.3 Å². The molecule has 2 aromatic carbocycles. The lowest BCUT2D eigenvalue weighted by atomic mass is 9.69. The molecule has 0 aliphatic heterocycles. The smallest absolute Gasteiger partial charge is 0.190 e. The Morgan fingerprint density at radius 3 is 2.45 bits per heavy atom. The average Bonchev–Trinajstić information content (AvgIpc) is 3.04. The van der Waals surface area contributed by atoms with Crippen molar-refractivity contribution in [2.75, 3.05) is 13.2 Å². The first kappa shape index (κ1) is 18.1. The highest BCUT2D eigenvalue weighted by molar-refractivity contribution is 6.23. The third kappa shape index (κ3) is 2.87. The molecule has 3 aliphatic carbocycles. The van der Waals surface area contributed by atoms with E-state index in [9.17, 15) is 9.59 Å². The van der Waals surface area contributed by atoms with E-state index in [4.69, 9.17) is 9.84 Å². The van der Waals surface area contributed by atoms with Crippen molar-refractivity contribution in [3.05, 3.63) is 81.9 Å². The number of carbonyl (C=O) groups is 2. The number of carbonyl (C=O) groups excluding carboxylic acids is 2. The zero-order valence-electron chi connectivity index (χ0n) is 16.1. The molecule has 3 aliphatic rings. The van der Waals surface area contributed by atoms with E-state index in [1.807, 2.05) is 48.5 Å². The van der Waals surface area contributed by atoms with Gasteiger partial charge >= 0.3 is 0 Å². The highest BCUT2D eigenvalue weighted by Crippen LogP contribution is 2.52. The summed E-state index contributed by atoms with van der Waals surface area (Å²) in [5, 5.41) is 8.95. The highest BCUT2D eigenvalue weighted by atomic mass is 16.5. The minimum atomic E-state index is -0.312. The fraction of sp³-hybridized carbons (Fsp3) is 0.280. The number of Topliss-reactive ketones (excluding diaryl/α,β-unsaturated/α-hetero) is 2. The average molecular weight is 386 g/mol. The minimum Gasteiger partial charge on any atom is -0.491 e. The molecular weight excluding hydrogens is 364 g/mol. The van der Waals surface area contributed by atoms with Gasteiger partial charge in [0.25, 0.3) is 0 Å². The number of hydrogen-bond acceptors (Lipinski definition) is 4. The Kier molecular flexibility index (Phi) is 4.44. The molecule has 0 saturated heterocycles. The number of hydrogen-bond donors (Lipinski definition) is 1. The predicted octanol–water partition coefficient (Wildman–Crippen LogP) is 4.24. The summed E-state index contributed by atoms with van der Waals surface area (Å²) in [4.78, 5) is 26.3. The van der Waals surface area contributed by atoms with Crippen molar-refractivity contribution >= 4 is 17.1 Å². The van der Waals surface area contributed by atoms with Crippen LogP contribution in [0.15, 0.2) is 65.3 Å². The van der Waals surface area contributed by atoms with E-state index < -0.39 is 0 Å². The van der Waals surface area contributed by atoms with Crippen LogP contribution in [0.1, 0.15) is 53.1 Å². The Balaban J connectivity index is 1.64. The van der Waals surface area contributed by atoms with E-state index in [0.29, 0.717) is 18.6 Å². The molecule has 0 bridgehead atoms. The number of fused-ring (bicyclic) bond motifs is 2. The summed E-state index contributed by atoms with van der Waals surface area (Å²) in [6.45, 7) is 0.192. The van der Waals surface area contributed by atoms with Gasteiger partial charge < -0.3 is 9.84 Å². The van der Waals surface area contributed by atoms with Crippen molar-refractivity contribution in [2.45, 2.75) is 31.6 Å². The standard InChI is InChI=1S/C25H22O4/c26-12-13-29-17-10-8-15(9-11-17)23-22-16(4-3-7-21(22)27)14-20-18-5-1-2-6-19(18)25(28)24(20)23/h1-2,5-6,8-11,23,26H,3-4,7,12-14H2. The normalized spacial score (nSPS) is 20.5. The number of aliphatic hydroxyl groups is 1. The van der Waals surface area contributed by atoms with Gasteiger partial charge in [0.2, 0.25) is 0 Å². The Labute approximate surface area is 169 Å². The number of ketones is 2. The van der Waals surface area contributed by atoms with Crippen LogP contribution in [0.4, 0.5) is 0 Å². The van der Waals surface area contributed by atoms with Crippen LogP contribution >= 0.6 is 0 Å². The maximum absolute atomic E-state index is 13.4. The molecule has 0 aromatic heterocycles. The Bertz CT molecular complexity index is 1070. The van der Waals surface area contributed by atoms with Gasteiger partial charge in [-0.3, -0.25) is 9.59 Å². The molecule has 5 rings (SSSR count). The zero-order chi connectivity index (χ0) is 20.0. The summed E-state index contributed by atoms with van der Waals surface area (Å²) in [5.41, 5.74) is 6.59. The summed E-state index contributed by atoms with van der Waals surface area (Å²) < 4.78 is 5.48. The number of benzene rings is 2. The number of rotatable bonds is 4. The molecular formula is C25H22O4. The monoisotopic (exact) mass is 386 g/mol. The molecule has 0 spiro atoms. The second kappa shape index (κ2) is 7.12. The quantitative estimate of drug-likeness (QED) is 0.853. The van der Waals surface area contributed by atoms with Crippen LogP contribution in [-0.4, -0.2) is 29.9 Å². The minimum absolute atomic E-state index is 0.0435. The molecule has 1 N–H and O–H groups in total. The van der Waals surface area contributed by atoms with Crippen LogP contribution in [0.25, 0.3) is 5.57 Å². The van der Waals surface area contributed by atoms with Crippen molar-refractivity contribution in [3.63, 3.8) is 0 Å². The second-order valence-electron chi connectivity index (χ2n) is 7.81. The van der Waals surface area contributed by atoms with Gasteiger partial charge in [0.15, 0.2) is 11.6 Å². The predicted molar refractivity (Wildman–Crippen MR) is 110 cm³/mol. The number of ether oxygens (including phenoxy) is 1. The molecule has 0 radical (unpaired) electrons. The van der Waals surface area contributed by atoms with Crippen LogP contribution in [0.2, 0.25) is 0 Å². The first-order valence-corrected chi connectivity index (χ1v) is 10.1. The van der Waals surface area contributed by atoms with E-state index in [-0.39, 0.29) is 30.7 Å². The zero-order valence-corrected chi connectivity index (χ0v) is 16.1. The molecule has 2 aromatic rings. The van der Waals surface area contributed by atoms with Gasteiger partial charge in [0.05, 0.1) is 6.61 Å². The van der Waals surface area contributed by atoms with Crippen LogP contribution < -0.4 is 4.74 Å². The fourth-order valence-corrected chi connectivity index (χ4v) is 4.96. The van der Waals surface area contributed by atoms with Crippen molar-refractivity contribution in [3.8, 4) is 5.75 Å². The summed E-state index contributed by atoms with van der Waals surface area (Å²) in [6.07, 6.45) is 3.06. The maximum atomic E-state index is 13.4. The SMILES string of the molecule is O=C1CCCC2=C1C(c1ccc(OCCO)cc1)C1=C(C2)c2ccccc2C1=O. The van der Waals surface area contributed by atoms with Gasteiger partial charge in [-0.1, -0.05) is 42.0 Å². The first-order valence-electron chi connectivity index (χ1n) is 10.1. The lowest BCUT2D eigenvalue weighted by Crippen LogP contribution is -2.25. The molecule has 1 unspecified atom stereocenters. The molecule has 29 heavy (non-hydrogen) atoms. The third-order valence-electron chi connectivity index (χ3n) is 6.17. The van der Waals surface area contributed by atoms with Gasteiger partial charge in [-0.05, 0) is 48.1 Å². The largest absolute Gasteiger partial charge is 0.491 e. The lowest BCUT2D eigenvalue weighted by molar-refractivity contribution is -0.116. The molecule has 0 amide bonds. The molecule has 0 fully saturated rings. The van der Waals surface area contributed by atoms with E-state index in [1.54, 1.807) is 0 Å². The van der Waals surface area contributed by atoms with E-state index >= 15 is 0 Å². The van der Waals surface area contributed by atoms with E-state index in [2.05, 4.69) is 0 Å². The molecule has 4 nitrogen and oxygen atoms in total. The molecule has 4 heteroatoms. The lowest BCUT2D eigenvalue weighted by Gasteiger charge is -2.32. The Hall–Kier alpha value is -2.98. The Morgan fingerprint density at radius 1 is 0.931 bits per heavy atom. The van der Waals surface area contributed by atoms with Gasteiger partial charge in [-0.25, -0.2) is 0 Å². The van der Waals surface area contributed by atoms with Crippen molar-refractivity contribution in [1.29, 1.82) is 0 Å².